The summed E-state index contributed by atoms with van der Waals surface area (Å²) in [5.41, 5.74) is 0.936. The quantitative estimate of drug-likeness (QED) is 0.423. The van der Waals surface area contributed by atoms with Crippen LogP contribution < -0.4 is 0 Å². The monoisotopic (exact) mass is 249 g/mol. The van der Waals surface area contributed by atoms with Crippen LogP contribution in [0.3, 0.4) is 0 Å². The number of unbranched alkanes of at least 4 members (excludes halogenated alkanes) is 1. The van der Waals surface area contributed by atoms with Crippen molar-refractivity contribution in [3.8, 4) is 0 Å². The summed E-state index contributed by atoms with van der Waals surface area (Å²) < 4.78 is 5.05. The first-order valence-corrected chi connectivity index (χ1v) is 5.78. The Labute approximate surface area is 105 Å². The Morgan fingerprint density at radius 2 is 1.72 bits per heavy atom. The molecule has 0 atom stereocenters. The number of nitrogens with zero attached hydrogens (tertiary/aromatic N) is 1. The van der Waals surface area contributed by atoms with Crippen molar-refractivity contribution < 1.29 is 14.3 Å². The Kier molecular flexibility index (Phi) is 6.32. The fourth-order valence-corrected chi connectivity index (χ4v) is 1.40. The Bertz CT molecular complexity index is 403. The van der Waals surface area contributed by atoms with Crippen LogP contribution in [0, 0.1) is 4.91 Å². The lowest BCUT2D eigenvalue weighted by Gasteiger charge is -2.04. The largest absolute Gasteiger partial charge is 0.461 e. The number of hydrogen-bond acceptors (Lipinski definition) is 4. The molecule has 5 nitrogen and oxygen atoms in total. The molecule has 0 saturated carbocycles. The fraction of sp³-hybridized carbons (Fsp3) is 0.385. The van der Waals surface area contributed by atoms with E-state index in [1.165, 1.54) is 0 Å². The summed E-state index contributed by atoms with van der Waals surface area (Å²) in [6.07, 6.45) is 1.34. The second-order valence-electron chi connectivity index (χ2n) is 3.84. The lowest BCUT2D eigenvalue weighted by Crippen LogP contribution is -2.04. The molecule has 0 aliphatic carbocycles. The van der Waals surface area contributed by atoms with Crippen molar-refractivity contribution in [1.82, 2.24) is 0 Å². The molecule has 1 rings (SSSR count). The standard InChI is InChI=1S/C13H15NO4/c15-12(14-17)8-4-5-9-13(16)18-10-11-6-2-1-3-7-11/h1-3,6-7H,4-5,8-10H2. The van der Waals surface area contributed by atoms with Crippen LogP contribution in [-0.4, -0.2) is 11.9 Å². The third kappa shape index (κ3) is 5.89. The van der Waals surface area contributed by atoms with Crippen LogP contribution in [0.5, 0.6) is 0 Å². The average molecular weight is 249 g/mol. The average Bonchev–Trinajstić information content (AvgIpc) is 2.42. The van der Waals surface area contributed by atoms with Crippen molar-refractivity contribution in [2.45, 2.75) is 32.3 Å². The van der Waals surface area contributed by atoms with Gasteiger partial charge in [-0.1, -0.05) is 30.3 Å². The third-order valence-corrected chi connectivity index (χ3v) is 2.37. The summed E-state index contributed by atoms with van der Waals surface area (Å²) in [7, 11) is 0. The van der Waals surface area contributed by atoms with Gasteiger partial charge in [0.1, 0.15) is 6.61 Å². The number of ether oxygens (including phenoxy) is 1. The summed E-state index contributed by atoms with van der Waals surface area (Å²) >= 11 is 0. The zero-order valence-corrected chi connectivity index (χ0v) is 10.0. The van der Waals surface area contributed by atoms with Crippen molar-refractivity contribution in [3.05, 3.63) is 40.8 Å². The topological polar surface area (TPSA) is 72.8 Å². The molecule has 1 aromatic rings. The second kappa shape index (κ2) is 8.11. The number of carbonyl (C=O) groups is 2. The maximum Gasteiger partial charge on any atom is 0.306 e. The highest BCUT2D eigenvalue weighted by Crippen LogP contribution is 2.05. The van der Waals surface area contributed by atoms with E-state index in [4.69, 9.17) is 4.74 Å². The van der Waals surface area contributed by atoms with Crippen molar-refractivity contribution in [3.63, 3.8) is 0 Å². The molecule has 0 radical (unpaired) electrons. The van der Waals surface area contributed by atoms with Gasteiger partial charge in [0.25, 0.3) is 5.91 Å². The summed E-state index contributed by atoms with van der Waals surface area (Å²) in [4.78, 5) is 31.7. The van der Waals surface area contributed by atoms with E-state index in [1.54, 1.807) is 0 Å². The smallest absolute Gasteiger partial charge is 0.306 e. The van der Waals surface area contributed by atoms with E-state index in [0.717, 1.165) is 5.56 Å². The zero-order valence-electron chi connectivity index (χ0n) is 10.0. The highest BCUT2D eigenvalue weighted by atomic mass is 16.5. The van der Waals surface area contributed by atoms with Crippen molar-refractivity contribution in [2.24, 2.45) is 5.18 Å². The van der Waals surface area contributed by atoms with Crippen LogP contribution in [0.4, 0.5) is 0 Å². The van der Waals surface area contributed by atoms with Gasteiger partial charge in [-0.15, -0.1) is 4.91 Å². The number of hydrogen-bond donors (Lipinski definition) is 0. The highest BCUT2D eigenvalue weighted by Gasteiger charge is 2.05. The van der Waals surface area contributed by atoms with Gasteiger partial charge in [0.2, 0.25) is 0 Å². The number of esters is 1. The molecule has 18 heavy (non-hydrogen) atoms. The summed E-state index contributed by atoms with van der Waals surface area (Å²) in [6.45, 7) is 0.258. The number of benzene rings is 1. The minimum Gasteiger partial charge on any atom is -0.461 e. The first-order chi connectivity index (χ1) is 8.72. The van der Waals surface area contributed by atoms with E-state index in [9.17, 15) is 14.5 Å². The Morgan fingerprint density at radius 3 is 2.39 bits per heavy atom. The second-order valence-corrected chi connectivity index (χ2v) is 3.84. The van der Waals surface area contributed by atoms with Crippen LogP contribution in [0.1, 0.15) is 31.2 Å². The van der Waals surface area contributed by atoms with Crippen molar-refractivity contribution in [2.75, 3.05) is 0 Å². The van der Waals surface area contributed by atoms with E-state index in [-0.39, 0.29) is 25.4 Å². The van der Waals surface area contributed by atoms with E-state index in [2.05, 4.69) is 5.18 Å². The summed E-state index contributed by atoms with van der Waals surface area (Å²) in [5, 5.41) is 2.28. The lowest BCUT2D eigenvalue weighted by atomic mass is 10.2. The van der Waals surface area contributed by atoms with Crippen LogP contribution >= 0.6 is 0 Å². The maximum absolute atomic E-state index is 11.3. The van der Waals surface area contributed by atoms with Crippen molar-refractivity contribution in [1.29, 1.82) is 0 Å². The normalized spacial score (nSPS) is 9.78. The van der Waals surface area contributed by atoms with Crippen LogP contribution in [0.25, 0.3) is 0 Å². The van der Waals surface area contributed by atoms with E-state index in [1.807, 2.05) is 30.3 Å². The molecule has 96 valence electrons. The first-order valence-electron chi connectivity index (χ1n) is 5.78. The minimum atomic E-state index is -0.673. The molecule has 0 aliphatic heterocycles. The van der Waals surface area contributed by atoms with Gasteiger partial charge in [0, 0.05) is 18.0 Å². The van der Waals surface area contributed by atoms with Crippen LogP contribution in [0.15, 0.2) is 35.5 Å². The number of rotatable bonds is 7. The number of nitroso groups, excluding NO2 is 1. The third-order valence-electron chi connectivity index (χ3n) is 2.37. The summed E-state index contributed by atoms with van der Waals surface area (Å²) in [6, 6.07) is 9.40. The molecule has 5 heteroatoms. The highest BCUT2D eigenvalue weighted by molar-refractivity contribution is 5.76. The van der Waals surface area contributed by atoms with E-state index in [0.29, 0.717) is 12.8 Å². The molecule has 0 heterocycles. The molecular formula is C13H15NO4. The van der Waals surface area contributed by atoms with Gasteiger partial charge in [0.15, 0.2) is 0 Å². The molecule has 0 unspecified atom stereocenters. The number of amides is 1. The maximum atomic E-state index is 11.3. The van der Waals surface area contributed by atoms with Crippen molar-refractivity contribution >= 4 is 11.9 Å². The molecule has 0 aliphatic rings. The zero-order chi connectivity index (χ0) is 13.2. The SMILES string of the molecule is O=NC(=O)CCCCC(=O)OCc1ccccc1. The minimum absolute atomic E-state index is 0.0927. The molecule has 0 fully saturated rings. The van der Waals surface area contributed by atoms with Crippen LogP contribution in [-0.2, 0) is 20.9 Å². The van der Waals surface area contributed by atoms with Gasteiger partial charge in [-0.05, 0) is 18.4 Å². The molecule has 1 amide bonds. The number of carbonyl (C=O) groups excluding carboxylic acids is 2. The van der Waals surface area contributed by atoms with Gasteiger partial charge in [-0.2, -0.15) is 0 Å². The van der Waals surface area contributed by atoms with E-state index < -0.39 is 5.91 Å². The Balaban J connectivity index is 2.11. The summed E-state index contributed by atoms with van der Waals surface area (Å²) in [5.74, 6) is -0.974. The van der Waals surface area contributed by atoms with Gasteiger partial charge in [-0.3, -0.25) is 9.59 Å². The van der Waals surface area contributed by atoms with Gasteiger partial charge >= 0.3 is 5.97 Å². The molecule has 0 saturated heterocycles. The fourth-order valence-electron chi connectivity index (χ4n) is 1.40. The van der Waals surface area contributed by atoms with Gasteiger partial charge in [0.05, 0.1) is 0 Å². The lowest BCUT2D eigenvalue weighted by molar-refractivity contribution is -0.145. The Hall–Kier alpha value is -2.04. The van der Waals surface area contributed by atoms with Gasteiger partial charge in [-0.25, -0.2) is 0 Å². The molecule has 0 spiro atoms. The van der Waals surface area contributed by atoms with Crippen LogP contribution in [0.2, 0.25) is 0 Å². The van der Waals surface area contributed by atoms with E-state index >= 15 is 0 Å². The first kappa shape index (κ1) is 14.0. The molecule has 0 N–H and O–H groups in total. The molecule has 0 aromatic heterocycles. The molecule has 0 bridgehead atoms. The molecular weight excluding hydrogens is 234 g/mol. The predicted octanol–water partition coefficient (Wildman–Crippen LogP) is 2.58. The molecule has 1 aromatic carbocycles. The van der Waals surface area contributed by atoms with Gasteiger partial charge < -0.3 is 4.74 Å². The Morgan fingerprint density at radius 1 is 1.06 bits per heavy atom. The predicted molar refractivity (Wildman–Crippen MR) is 65.5 cm³/mol.